The Morgan fingerprint density at radius 1 is 1.50 bits per heavy atom. The molecule has 1 saturated carbocycles. The number of hydrazine groups is 1. The first-order valence-corrected chi connectivity index (χ1v) is 6.91. The van der Waals surface area contributed by atoms with Crippen LogP contribution in [0.1, 0.15) is 39.0 Å². The standard InChI is InChI=1S/C13H28N4O/c1-11-6-4-7-12(10-11)17(2)13(16-14)15-8-5-9-18-3/h11-12H,4-10,14H2,1-3H3,(H,15,16). The number of nitrogens with two attached hydrogens (primary N) is 1. The zero-order chi connectivity index (χ0) is 13.4. The monoisotopic (exact) mass is 256 g/mol. The van der Waals surface area contributed by atoms with E-state index in [2.05, 4.69) is 29.3 Å². The Balaban J connectivity index is 2.46. The van der Waals surface area contributed by atoms with Crippen molar-refractivity contribution in [2.75, 3.05) is 27.3 Å². The highest BCUT2D eigenvalue weighted by atomic mass is 16.5. The summed E-state index contributed by atoms with van der Waals surface area (Å²) < 4.78 is 5.01. The predicted molar refractivity (Wildman–Crippen MR) is 75.3 cm³/mol. The Hall–Kier alpha value is -0.810. The summed E-state index contributed by atoms with van der Waals surface area (Å²) in [6, 6.07) is 0.561. The van der Waals surface area contributed by atoms with Crippen LogP contribution in [0.4, 0.5) is 0 Å². The van der Waals surface area contributed by atoms with Crippen LogP contribution >= 0.6 is 0 Å². The van der Waals surface area contributed by atoms with E-state index in [1.807, 2.05) is 0 Å². The van der Waals surface area contributed by atoms with Crippen LogP contribution in [0.3, 0.4) is 0 Å². The van der Waals surface area contributed by atoms with Crippen molar-refractivity contribution in [3.8, 4) is 0 Å². The third-order valence-corrected chi connectivity index (χ3v) is 3.69. The second-order valence-corrected chi connectivity index (χ2v) is 5.23. The van der Waals surface area contributed by atoms with Crippen molar-refractivity contribution in [2.45, 2.75) is 45.1 Å². The van der Waals surface area contributed by atoms with Crippen LogP contribution in [-0.2, 0) is 4.74 Å². The van der Waals surface area contributed by atoms with Crippen molar-refractivity contribution in [3.63, 3.8) is 0 Å². The maximum Gasteiger partial charge on any atom is 0.208 e. The Kier molecular flexibility index (Phi) is 7.05. The van der Waals surface area contributed by atoms with Crippen molar-refractivity contribution >= 4 is 5.96 Å². The summed E-state index contributed by atoms with van der Waals surface area (Å²) >= 11 is 0. The van der Waals surface area contributed by atoms with Gasteiger partial charge in [0.15, 0.2) is 0 Å². The average molecular weight is 256 g/mol. The number of rotatable bonds is 5. The van der Waals surface area contributed by atoms with E-state index in [1.165, 1.54) is 25.7 Å². The van der Waals surface area contributed by atoms with E-state index < -0.39 is 0 Å². The smallest absolute Gasteiger partial charge is 0.208 e. The van der Waals surface area contributed by atoms with Gasteiger partial charge >= 0.3 is 0 Å². The highest BCUT2D eigenvalue weighted by molar-refractivity contribution is 5.79. The highest BCUT2D eigenvalue weighted by Gasteiger charge is 2.23. The molecule has 0 heterocycles. The molecule has 0 aromatic heterocycles. The molecule has 0 aromatic rings. The molecule has 5 nitrogen and oxygen atoms in total. The third-order valence-electron chi connectivity index (χ3n) is 3.69. The largest absolute Gasteiger partial charge is 0.385 e. The molecular formula is C13H28N4O. The van der Waals surface area contributed by atoms with Gasteiger partial charge in [0.2, 0.25) is 5.96 Å². The minimum atomic E-state index is 0.561. The van der Waals surface area contributed by atoms with Crippen molar-refractivity contribution in [1.82, 2.24) is 10.3 Å². The summed E-state index contributed by atoms with van der Waals surface area (Å²) in [7, 11) is 3.79. The molecule has 3 N–H and O–H groups in total. The van der Waals surface area contributed by atoms with Gasteiger partial charge in [0, 0.05) is 33.4 Å². The molecule has 0 aromatic carbocycles. The van der Waals surface area contributed by atoms with E-state index in [1.54, 1.807) is 7.11 Å². The van der Waals surface area contributed by atoms with E-state index in [4.69, 9.17) is 10.6 Å². The van der Waals surface area contributed by atoms with Gasteiger partial charge in [0.05, 0.1) is 0 Å². The summed E-state index contributed by atoms with van der Waals surface area (Å²) in [5.74, 6) is 7.18. The van der Waals surface area contributed by atoms with Crippen molar-refractivity contribution < 1.29 is 4.74 Å². The summed E-state index contributed by atoms with van der Waals surface area (Å²) in [5, 5.41) is 0. The fraction of sp³-hybridized carbons (Fsp3) is 0.923. The van der Waals surface area contributed by atoms with Gasteiger partial charge in [-0.25, -0.2) is 5.84 Å². The normalized spacial score (nSPS) is 25.0. The van der Waals surface area contributed by atoms with Gasteiger partial charge in [0.1, 0.15) is 0 Å². The number of hydrogen-bond acceptors (Lipinski definition) is 3. The summed E-state index contributed by atoms with van der Waals surface area (Å²) in [4.78, 5) is 6.70. The van der Waals surface area contributed by atoms with Crippen LogP contribution < -0.4 is 11.3 Å². The molecule has 1 rings (SSSR count). The Bertz CT molecular complexity index is 257. The maximum absolute atomic E-state index is 5.58. The second-order valence-electron chi connectivity index (χ2n) is 5.23. The van der Waals surface area contributed by atoms with Crippen molar-refractivity contribution in [2.24, 2.45) is 16.8 Å². The Labute approximate surface area is 111 Å². The van der Waals surface area contributed by atoms with Gasteiger partial charge in [-0.15, -0.1) is 0 Å². The summed E-state index contributed by atoms with van der Waals surface area (Å²) in [6.45, 7) is 3.82. The van der Waals surface area contributed by atoms with Crippen LogP contribution in [-0.4, -0.2) is 44.2 Å². The molecule has 1 aliphatic rings. The van der Waals surface area contributed by atoms with Crippen LogP contribution in [0.5, 0.6) is 0 Å². The van der Waals surface area contributed by atoms with E-state index in [9.17, 15) is 0 Å². The minimum Gasteiger partial charge on any atom is -0.385 e. The van der Waals surface area contributed by atoms with Gasteiger partial charge < -0.3 is 9.64 Å². The number of nitrogens with zero attached hydrogens (tertiary/aromatic N) is 2. The number of hydrogen-bond donors (Lipinski definition) is 2. The first kappa shape index (κ1) is 15.2. The Morgan fingerprint density at radius 3 is 2.89 bits per heavy atom. The maximum atomic E-state index is 5.58. The number of methoxy groups -OCH3 is 1. The van der Waals surface area contributed by atoms with Crippen molar-refractivity contribution in [3.05, 3.63) is 0 Å². The molecule has 1 aliphatic carbocycles. The lowest BCUT2D eigenvalue weighted by Crippen LogP contribution is -2.48. The lowest BCUT2D eigenvalue weighted by molar-refractivity contribution is 0.196. The van der Waals surface area contributed by atoms with E-state index in [0.29, 0.717) is 6.04 Å². The quantitative estimate of drug-likeness (QED) is 0.256. The average Bonchev–Trinajstić information content (AvgIpc) is 2.38. The first-order valence-electron chi connectivity index (χ1n) is 6.91. The molecule has 0 saturated heterocycles. The number of nitrogens with one attached hydrogen (secondary N) is 1. The molecule has 1 fully saturated rings. The molecule has 0 bridgehead atoms. The molecule has 5 heteroatoms. The first-order chi connectivity index (χ1) is 8.69. The molecule has 2 atom stereocenters. The predicted octanol–water partition coefficient (Wildman–Crippen LogP) is 1.35. The summed E-state index contributed by atoms with van der Waals surface area (Å²) in [5.41, 5.74) is 2.73. The van der Waals surface area contributed by atoms with E-state index in [-0.39, 0.29) is 0 Å². The molecule has 2 unspecified atom stereocenters. The lowest BCUT2D eigenvalue weighted by Gasteiger charge is -2.35. The molecule has 0 amide bonds. The molecular weight excluding hydrogens is 228 g/mol. The fourth-order valence-electron chi connectivity index (χ4n) is 2.58. The number of guanidine groups is 1. The molecule has 0 spiro atoms. The zero-order valence-corrected chi connectivity index (χ0v) is 12.0. The third kappa shape index (κ3) is 4.82. The van der Waals surface area contributed by atoms with Gasteiger partial charge in [-0.2, -0.15) is 0 Å². The topological polar surface area (TPSA) is 62.9 Å². The highest BCUT2D eigenvalue weighted by Crippen LogP contribution is 2.26. The van der Waals surface area contributed by atoms with Crippen LogP contribution in [0.2, 0.25) is 0 Å². The van der Waals surface area contributed by atoms with Crippen LogP contribution in [0.15, 0.2) is 4.99 Å². The fourth-order valence-corrected chi connectivity index (χ4v) is 2.58. The van der Waals surface area contributed by atoms with Crippen LogP contribution in [0, 0.1) is 5.92 Å². The molecule has 0 aliphatic heterocycles. The molecule has 106 valence electrons. The van der Waals surface area contributed by atoms with E-state index in [0.717, 1.165) is 31.4 Å². The van der Waals surface area contributed by atoms with Gasteiger partial charge in [-0.3, -0.25) is 10.4 Å². The van der Waals surface area contributed by atoms with Gasteiger partial charge in [-0.1, -0.05) is 19.8 Å². The minimum absolute atomic E-state index is 0.561. The molecule has 0 radical (unpaired) electrons. The van der Waals surface area contributed by atoms with E-state index >= 15 is 0 Å². The number of ether oxygens (including phenoxy) is 1. The molecule has 18 heavy (non-hydrogen) atoms. The van der Waals surface area contributed by atoms with Crippen LogP contribution in [0.25, 0.3) is 0 Å². The van der Waals surface area contributed by atoms with Crippen molar-refractivity contribution in [1.29, 1.82) is 0 Å². The second kappa shape index (κ2) is 8.32. The number of aliphatic imine (C=N–C) groups is 1. The van der Waals surface area contributed by atoms with Gasteiger partial charge in [-0.05, 0) is 25.2 Å². The van der Waals surface area contributed by atoms with Gasteiger partial charge in [0.25, 0.3) is 0 Å². The summed E-state index contributed by atoms with van der Waals surface area (Å²) in [6.07, 6.45) is 6.05. The lowest BCUT2D eigenvalue weighted by atomic mass is 9.86. The Morgan fingerprint density at radius 2 is 2.28 bits per heavy atom. The SMILES string of the molecule is COCCCN=C(NN)N(C)C1CCCC(C)C1. The zero-order valence-electron chi connectivity index (χ0n) is 12.0.